The van der Waals surface area contributed by atoms with Crippen molar-refractivity contribution in [3.8, 4) is 0 Å². The van der Waals surface area contributed by atoms with Crippen LogP contribution in [0.3, 0.4) is 0 Å². The number of hydrogen-bond acceptors (Lipinski definition) is 2. The Morgan fingerprint density at radius 1 is 1.04 bits per heavy atom. The van der Waals surface area contributed by atoms with E-state index in [4.69, 9.17) is 23.2 Å². The Morgan fingerprint density at radius 2 is 1.67 bits per heavy atom. The minimum atomic E-state index is -4.76. The zero-order chi connectivity index (χ0) is 18.2. The second-order valence-corrected chi connectivity index (χ2v) is 7.53. The first-order valence-electron chi connectivity index (χ1n) is 6.29. The summed E-state index contributed by atoms with van der Waals surface area (Å²) >= 11 is 11.1. The lowest BCUT2D eigenvalue weighted by Crippen LogP contribution is -2.29. The van der Waals surface area contributed by atoms with Gasteiger partial charge in [-0.3, -0.25) is 0 Å². The van der Waals surface area contributed by atoms with Crippen molar-refractivity contribution < 1.29 is 26.0 Å². The third kappa shape index (κ3) is 3.37. The SMILES string of the molecule is CN(Cc1c(F)cccc1Cl)S(=O)(=O)c1c(F)cc(F)c(Cl)c1F. The van der Waals surface area contributed by atoms with Crippen LogP contribution < -0.4 is 0 Å². The molecule has 3 nitrogen and oxygen atoms in total. The second-order valence-electron chi connectivity index (χ2n) is 4.76. The number of sulfonamides is 1. The molecule has 0 aromatic heterocycles. The number of hydrogen-bond donors (Lipinski definition) is 0. The zero-order valence-corrected chi connectivity index (χ0v) is 14.3. The first-order valence-corrected chi connectivity index (χ1v) is 8.49. The Hall–Kier alpha value is -1.35. The quantitative estimate of drug-likeness (QED) is 0.433. The molecule has 2 aromatic rings. The van der Waals surface area contributed by atoms with Crippen LogP contribution in [0.1, 0.15) is 5.56 Å². The molecule has 10 heteroatoms. The Labute approximate surface area is 145 Å². The maximum Gasteiger partial charge on any atom is 0.249 e. The Morgan fingerprint density at radius 3 is 2.25 bits per heavy atom. The third-order valence-corrected chi connectivity index (χ3v) is 5.72. The lowest BCUT2D eigenvalue weighted by Gasteiger charge is -2.19. The van der Waals surface area contributed by atoms with Crippen LogP contribution >= 0.6 is 23.2 Å². The Kier molecular flexibility index (Phi) is 5.44. The number of halogens is 6. The predicted octanol–water partition coefficient (Wildman–Crippen LogP) is 4.37. The van der Waals surface area contributed by atoms with E-state index in [1.807, 2.05) is 0 Å². The van der Waals surface area contributed by atoms with Crippen LogP contribution in [0.25, 0.3) is 0 Å². The standard InChI is InChI=1S/C14H9Cl2F4NO2S/c1-21(6-7-8(15)3-2-4-9(7)17)24(22,23)14-11(19)5-10(18)12(16)13(14)20/h2-5H,6H2,1H3. The summed E-state index contributed by atoms with van der Waals surface area (Å²) in [6.07, 6.45) is 0. The summed E-state index contributed by atoms with van der Waals surface area (Å²) in [5.41, 5.74) is -0.181. The summed E-state index contributed by atoms with van der Waals surface area (Å²) < 4.78 is 79.9. The normalized spacial score (nSPS) is 12.0. The Bertz CT molecular complexity index is 886. The highest BCUT2D eigenvalue weighted by Crippen LogP contribution is 2.31. The monoisotopic (exact) mass is 401 g/mol. The molecule has 24 heavy (non-hydrogen) atoms. The molecule has 0 saturated carbocycles. The maximum absolute atomic E-state index is 14.0. The van der Waals surface area contributed by atoms with Gasteiger partial charge in [0, 0.05) is 30.2 Å². The molecule has 0 aliphatic carbocycles. The summed E-state index contributed by atoms with van der Waals surface area (Å²) in [4.78, 5) is -1.43. The molecule has 130 valence electrons. The van der Waals surface area contributed by atoms with E-state index in [1.54, 1.807) is 0 Å². The van der Waals surface area contributed by atoms with Crippen molar-refractivity contribution >= 4 is 33.2 Å². The lowest BCUT2D eigenvalue weighted by molar-refractivity contribution is 0.437. The average Bonchev–Trinajstić information content (AvgIpc) is 2.48. The van der Waals surface area contributed by atoms with Crippen molar-refractivity contribution in [2.24, 2.45) is 0 Å². The summed E-state index contributed by atoms with van der Waals surface area (Å²) in [6.45, 7) is -0.596. The molecule has 0 fully saturated rings. The van der Waals surface area contributed by atoms with Crippen molar-refractivity contribution in [1.29, 1.82) is 0 Å². The van der Waals surface area contributed by atoms with E-state index >= 15 is 0 Å². The third-order valence-electron chi connectivity index (χ3n) is 3.18. The van der Waals surface area contributed by atoms with Gasteiger partial charge in [0.25, 0.3) is 0 Å². The zero-order valence-electron chi connectivity index (χ0n) is 12.0. The van der Waals surface area contributed by atoms with Crippen molar-refractivity contribution in [3.63, 3.8) is 0 Å². The van der Waals surface area contributed by atoms with Gasteiger partial charge in [-0.05, 0) is 12.1 Å². The molecule has 0 bridgehead atoms. The average molecular weight is 402 g/mol. The fraction of sp³-hybridized carbons (Fsp3) is 0.143. The van der Waals surface area contributed by atoms with Gasteiger partial charge in [-0.15, -0.1) is 0 Å². The van der Waals surface area contributed by atoms with E-state index in [9.17, 15) is 26.0 Å². The van der Waals surface area contributed by atoms with Gasteiger partial charge in [-0.1, -0.05) is 29.3 Å². The van der Waals surface area contributed by atoms with Gasteiger partial charge in [0.05, 0.1) is 0 Å². The summed E-state index contributed by atoms with van der Waals surface area (Å²) in [5.74, 6) is -5.64. The predicted molar refractivity (Wildman–Crippen MR) is 81.4 cm³/mol. The van der Waals surface area contributed by atoms with Crippen LogP contribution in [-0.2, 0) is 16.6 Å². The van der Waals surface area contributed by atoms with Crippen molar-refractivity contribution in [2.45, 2.75) is 11.4 Å². The minimum Gasteiger partial charge on any atom is -0.207 e. The molecule has 0 unspecified atom stereocenters. The van der Waals surface area contributed by atoms with Crippen molar-refractivity contribution in [1.82, 2.24) is 4.31 Å². The fourth-order valence-corrected chi connectivity index (χ4v) is 3.61. The molecule has 0 spiro atoms. The van der Waals surface area contributed by atoms with Gasteiger partial charge in [0.2, 0.25) is 10.0 Å². The summed E-state index contributed by atoms with van der Waals surface area (Å²) in [5, 5.41) is -1.22. The second kappa shape index (κ2) is 6.87. The number of rotatable bonds is 4. The van der Waals surface area contributed by atoms with Crippen LogP contribution in [0.5, 0.6) is 0 Å². The van der Waals surface area contributed by atoms with E-state index in [2.05, 4.69) is 0 Å². The first-order chi connectivity index (χ1) is 11.1. The Balaban J connectivity index is 2.50. The van der Waals surface area contributed by atoms with Crippen LogP contribution in [0.15, 0.2) is 29.2 Å². The molecule has 0 heterocycles. The van der Waals surface area contributed by atoms with Crippen LogP contribution in [0.2, 0.25) is 10.0 Å². The maximum atomic E-state index is 14.0. The van der Waals surface area contributed by atoms with Gasteiger partial charge >= 0.3 is 0 Å². The van der Waals surface area contributed by atoms with E-state index in [0.717, 1.165) is 13.1 Å². The van der Waals surface area contributed by atoms with Crippen molar-refractivity contribution in [2.75, 3.05) is 7.05 Å². The van der Waals surface area contributed by atoms with Gasteiger partial charge in [0.1, 0.15) is 22.5 Å². The topological polar surface area (TPSA) is 37.4 Å². The fourth-order valence-electron chi connectivity index (χ4n) is 1.93. The van der Waals surface area contributed by atoms with Gasteiger partial charge in [-0.25, -0.2) is 26.0 Å². The highest BCUT2D eigenvalue weighted by atomic mass is 35.5. The number of benzene rings is 2. The molecule has 0 N–H and O–H groups in total. The van der Waals surface area contributed by atoms with E-state index in [-0.39, 0.29) is 16.7 Å². The van der Waals surface area contributed by atoms with E-state index in [0.29, 0.717) is 4.31 Å². The highest BCUT2D eigenvalue weighted by Gasteiger charge is 2.32. The highest BCUT2D eigenvalue weighted by molar-refractivity contribution is 7.89. The molecule has 0 atom stereocenters. The summed E-state index contributed by atoms with van der Waals surface area (Å²) in [6, 6.07) is 3.85. The molecule has 0 amide bonds. The van der Waals surface area contributed by atoms with Crippen LogP contribution in [0, 0.1) is 23.3 Å². The largest absolute Gasteiger partial charge is 0.249 e. The molecule has 0 saturated heterocycles. The van der Waals surface area contributed by atoms with Crippen molar-refractivity contribution in [3.05, 3.63) is 63.1 Å². The van der Waals surface area contributed by atoms with Gasteiger partial charge in [0.15, 0.2) is 10.7 Å². The van der Waals surface area contributed by atoms with E-state index < -0.39 is 49.8 Å². The molecule has 2 rings (SSSR count). The minimum absolute atomic E-state index is 0.0601. The first kappa shape index (κ1) is 19.0. The van der Waals surface area contributed by atoms with Crippen LogP contribution in [0.4, 0.5) is 17.6 Å². The van der Waals surface area contributed by atoms with Gasteiger partial charge < -0.3 is 0 Å². The molecule has 2 aromatic carbocycles. The molecule has 0 aliphatic heterocycles. The van der Waals surface area contributed by atoms with E-state index in [1.165, 1.54) is 12.1 Å². The van der Waals surface area contributed by atoms with Gasteiger partial charge in [-0.2, -0.15) is 4.31 Å². The molecular formula is C14H9Cl2F4NO2S. The number of nitrogens with zero attached hydrogens (tertiary/aromatic N) is 1. The molecule has 0 radical (unpaired) electrons. The summed E-state index contributed by atoms with van der Waals surface area (Å²) in [7, 11) is -3.80. The molecular weight excluding hydrogens is 393 g/mol. The molecule has 0 aliphatic rings. The van der Waals surface area contributed by atoms with Crippen LogP contribution in [-0.4, -0.2) is 19.8 Å². The lowest BCUT2D eigenvalue weighted by atomic mass is 10.2. The smallest absolute Gasteiger partial charge is 0.207 e.